The van der Waals surface area contributed by atoms with Crippen molar-refractivity contribution in [2.24, 2.45) is 5.92 Å². The second kappa shape index (κ2) is 8.05. The molecule has 2 unspecified atom stereocenters. The Balaban J connectivity index is 1.35. The van der Waals surface area contributed by atoms with Gasteiger partial charge in [0, 0.05) is 24.9 Å². The molecule has 3 aromatic rings. The third kappa shape index (κ3) is 3.71. The lowest BCUT2D eigenvalue weighted by Crippen LogP contribution is -2.18. The van der Waals surface area contributed by atoms with Gasteiger partial charge in [-0.3, -0.25) is 0 Å². The third-order valence-corrected chi connectivity index (χ3v) is 6.16. The third-order valence-electron chi connectivity index (χ3n) is 6.16. The quantitative estimate of drug-likeness (QED) is 0.745. The maximum absolute atomic E-state index is 5.85. The van der Waals surface area contributed by atoms with Gasteiger partial charge < -0.3 is 14.6 Å². The van der Waals surface area contributed by atoms with E-state index in [4.69, 9.17) is 4.74 Å². The van der Waals surface area contributed by atoms with Crippen LogP contribution in [0.5, 0.6) is 0 Å². The molecule has 2 aliphatic heterocycles. The largest absolute Gasteiger partial charge is 0.357 e. The lowest BCUT2D eigenvalue weighted by atomic mass is 10.0. The fourth-order valence-corrected chi connectivity index (χ4v) is 4.52. The van der Waals surface area contributed by atoms with Gasteiger partial charge in [0.1, 0.15) is 6.23 Å². The first kappa shape index (κ1) is 17.9. The molecule has 1 aromatic carbocycles. The zero-order valence-corrected chi connectivity index (χ0v) is 16.4. The van der Waals surface area contributed by atoms with E-state index in [-0.39, 0.29) is 6.23 Å². The highest BCUT2D eigenvalue weighted by molar-refractivity contribution is 5.81. The van der Waals surface area contributed by atoms with Gasteiger partial charge in [-0.25, -0.2) is 9.67 Å². The van der Waals surface area contributed by atoms with Crippen molar-refractivity contribution >= 4 is 11.0 Å². The molecule has 2 fully saturated rings. The molecule has 6 nitrogen and oxygen atoms in total. The summed E-state index contributed by atoms with van der Waals surface area (Å²) in [6, 6.07) is 6.59. The van der Waals surface area contributed by atoms with Crippen LogP contribution in [0, 0.1) is 5.92 Å². The van der Waals surface area contributed by atoms with E-state index in [9.17, 15) is 0 Å². The molecule has 0 bridgehead atoms. The summed E-state index contributed by atoms with van der Waals surface area (Å²) >= 11 is 0. The van der Waals surface area contributed by atoms with Gasteiger partial charge in [-0.1, -0.05) is 6.07 Å². The number of nitrogens with zero attached hydrogens (tertiary/aromatic N) is 4. The summed E-state index contributed by atoms with van der Waals surface area (Å²) in [7, 11) is 0. The monoisotopic (exact) mass is 379 g/mol. The second-order valence-electron chi connectivity index (χ2n) is 8.18. The minimum atomic E-state index is 0.0829. The smallest absolute Gasteiger partial charge is 0.150 e. The molecule has 2 aromatic heterocycles. The Hall–Kier alpha value is -2.18. The lowest BCUT2D eigenvalue weighted by molar-refractivity contribution is -0.0394. The number of hydrogen-bond donors (Lipinski definition) is 1. The predicted molar refractivity (Wildman–Crippen MR) is 110 cm³/mol. The zero-order valence-electron chi connectivity index (χ0n) is 16.4. The number of ether oxygens (including phenoxy) is 1. The van der Waals surface area contributed by atoms with Gasteiger partial charge in [-0.2, -0.15) is 5.10 Å². The van der Waals surface area contributed by atoms with Gasteiger partial charge in [-0.05, 0) is 75.2 Å². The minimum Gasteiger partial charge on any atom is -0.357 e. The van der Waals surface area contributed by atoms with Crippen molar-refractivity contribution in [3.8, 4) is 11.1 Å². The molecule has 0 spiro atoms. The Morgan fingerprint density at radius 2 is 2.07 bits per heavy atom. The van der Waals surface area contributed by atoms with Crippen LogP contribution in [0.3, 0.4) is 0 Å². The van der Waals surface area contributed by atoms with E-state index < -0.39 is 0 Å². The van der Waals surface area contributed by atoms with Crippen molar-refractivity contribution in [1.29, 1.82) is 0 Å². The Kier molecular flexibility index (Phi) is 5.14. The van der Waals surface area contributed by atoms with Gasteiger partial charge in [-0.15, -0.1) is 0 Å². The number of aromatic nitrogens is 4. The average Bonchev–Trinajstić information content (AvgIpc) is 3.30. The molecule has 0 radical (unpaired) electrons. The van der Waals surface area contributed by atoms with Crippen LogP contribution in [0.15, 0.2) is 36.9 Å². The van der Waals surface area contributed by atoms with Crippen LogP contribution in [0.1, 0.15) is 44.8 Å². The molecule has 148 valence electrons. The van der Waals surface area contributed by atoms with Gasteiger partial charge in [0.2, 0.25) is 0 Å². The first-order valence-corrected chi connectivity index (χ1v) is 10.7. The highest BCUT2D eigenvalue weighted by Crippen LogP contribution is 2.28. The molecular weight excluding hydrogens is 350 g/mol. The van der Waals surface area contributed by atoms with Gasteiger partial charge in [0.25, 0.3) is 0 Å². The number of hydrogen-bond acceptors (Lipinski definition) is 4. The summed E-state index contributed by atoms with van der Waals surface area (Å²) in [5.41, 5.74) is 4.58. The highest BCUT2D eigenvalue weighted by atomic mass is 16.5. The van der Waals surface area contributed by atoms with Crippen LogP contribution < -0.4 is 5.32 Å². The van der Waals surface area contributed by atoms with Gasteiger partial charge in [0.15, 0.2) is 0 Å². The first-order chi connectivity index (χ1) is 13.9. The van der Waals surface area contributed by atoms with Crippen LogP contribution in [-0.4, -0.2) is 39.0 Å². The Morgan fingerprint density at radius 3 is 3.00 bits per heavy atom. The van der Waals surface area contributed by atoms with Gasteiger partial charge in [0.05, 0.1) is 23.6 Å². The maximum atomic E-state index is 5.85. The Bertz CT molecular complexity index is 916. The van der Waals surface area contributed by atoms with Crippen molar-refractivity contribution in [1.82, 2.24) is 24.6 Å². The van der Waals surface area contributed by atoms with Crippen molar-refractivity contribution in [3.05, 3.63) is 36.9 Å². The van der Waals surface area contributed by atoms with E-state index in [1.807, 2.05) is 17.2 Å². The zero-order chi connectivity index (χ0) is 18.8. The number of fused-ring (bicyclic) bond motifs is 1. The number of rotatable bonds is 4. The van der Waals surface area contributed by atoms with E-state index in [1.165, 1.54) is 36.8 Å². The van der Waals surface area contributed by atoms with Crippen molar-refractivity contribution in [2.45, 2.75) is 51.3 Å². The molecule has 4 heterocycles. The topological polar surface area (TPSA) is 56.9 Å². The molecule has 6 heteroatoms. The fraction of sp³-hybridized carbons (Fsp3) is 0.545. The number of imidazole rings is 1. The average molecular weight is 380 g/mol. The molecule has 5 rings (SSSR count). The first-order valence-electron chi connectivity index (χ1n) is 10.7. The summed E-state index contributed by atoms with van der Waals surface area (Å²) in [6.45, 7) is 4.19. The summed E-state index contributed by atoms with van der Waals surface area (Å²) in [5, 5.41) is 8.05. The Labute approximate surface area is 165 Å². The molecule has 0 aliphatic carbocycles. The maximum Gasteiger partial charge on any atom is 0.150 e. The van der Waals surface area contributed by atoms with Crippen molar-refractivity contribution < 1.29 is 4.74 Å². The fourth-order valence-electron chi connectivity index (χ4n) is 4.52. The van der Waals surface area contributed by atoms with E-state index in [1.54, 1.807) is 0 Å². The van der Waals surface area contributed by atoms with E-state index in [2.05, 4.69) is 44.4 Å². The second-order valence-corrected chi connectivity index (χ2v) is 8.18. The minimum absolute atomic E-state index is 0.0829. The SMILES string of the molecule is c1cc2c(cc1-c1cnn(C3CCCCO3)c1)ncn2CC1CCCNCC1. The molecule has 2 aliphatic rings. The highest BCUT2D eigenvalue weighted by Gasteiger charge is 2.18. The van der Waals surface area contributed by atoms with E-state index in [0.717, 1.165) is 56.1 Å². The predicted octanol–water partition coefficient (Wildman–Crippen LogP) is 3.99. The van der Waals surface area contributed by atoms with E-state index in [0.29, 0.717) is 0 Å². The summed E-state index contributed by atoms with van der Waals surface area (Å²) in [6.07, 6.45) is 13.4. The van der Waals surface area contributed by atoms with Crippen molar-refractivity contribution in [3.63, 3.8) is 0 Å². The normalized spacial score (nSPS) is 23.7. The molecule has 0 amide bonds. The standard InChI is InChI=1S/C22H29N5O/c1-2-11-28-22(5-1)27-15-19(13-25-27)18-6-7-21-20(12-18)24-16-26(21)14-17-4-3-9-23-10-8-17/h6-7,12-13,15-17,22-23H,1-5,8-11,14H2. The van der Waals surface area contributed by atoms with Crippen LogP contribution in [-0.2, 0) is 11.3 Å². The molecule has 28 heavy (non-hydrogen) atoms. The number of benzene rings is 1. The van der Waals surface area contributed by atoms with Crippen LogP contribution in [0.2, 0.25) is 0 Å². The van der Waals surface area contributed by atoms with E-state index >= 15 is 0 Å². The van der Waals surface area contributed by atoms with Gasteiger partial charge >= 0.3 is 0 Å². The lowest BCUT2D eigenvalue weighted by Gasteiger charge is -2.22. The number of nitrogens with one attached hydrogen (secondary N) is 1. The summed E-state index contributed by atoms with van der Waals surface area (Å²) in [5.74, 6) is 0.737. The molecule has 1 N–H and O–H groups in total. The summed E-state index contributed by atoms with van der Waals surface area (Å²) in [4.78, 5) is 4.69. The molecule has 2 saturated heterocycles. The van der Waals surface area contributed by atoms with Crippen LogP contribution >= 0.6 is 0 Å². The molecule has 2 atom stereocenters. The Morgan fingerprint density at radius 1 is 1.07 bits per heavy atom. The van der Waals surface area contributed by atoms with Crippen LogP contribution in [0.25, 0.3) is 22.2 Å². The van der Waals surface area contributed by atoms with Crippen LogP contribution in [0.4, 0.5) is 0 Å². The van der Waals surface area contributed by atoms with Crippen molar-refractivity contribution in [2.75, 3.05) is 19.7 Å². The molecule has 0 saturated carbocycles. The molecular formula is C22H29N5O. The summed E-state index contributed by atoms with van der Waals surface area (Å²) < 4.78 is 10.1.